The third-order valence-electron chi connectivity index (χ3n) is 3.53. The first kappa shape index (κ1) is 17.7. The molecule has 0 aliphatic heterocycles. The summed E-state index contributed by atoms with van der Waals surface area (Å²) in [6.45, 7) is 1.54. The van der Waals surface area contributed by atoms with E-state index in [1.165, 1.54) is 0 Å². The van der Waals surface area contributed by atoms with Gasteiger partial charge in [0.1, 0.15) is 28.8 Å². The van der Waals surface area contributed by atoms with Gasteiger partial charge >= 0.3 is 6.18 Å². The largest absolute Gasteiger partial charge is 0.437 e. The van der Waals surface area contributed by atoms with E-state index in [-0.39, 0.29) is 28.6 Å². The van der Waals surface area contributed by atoms with Crippen molar-refractivity contribution in [2.45, 2.75) is 13.1 Å². The van der Waals surface area contributed by atoms with Gasteiger partial charge in [-0.15, -0.1) is 0 Å². The van der Waals surface area contributed by atoms with Crippen molar-refractivity contribution in [2.75, 3.05) is 5.73 Å². The summed E-state index contributed by atoms with van der Waals surface area (Å²) in [5.41, 5.74) is 4.62. The number of hydrogen-bond donors (Lipinski definition) is 1. The van der Waals surface area contributed by atoms with Crippen molar-refractivity contribution in [2.24, 2.45) is 0 Å². The van der Waals surface area contributed by atoms with Crippen LogP contribution in [-0.4, -0.2) is 9.97 Å². The number of nitrogens with two attached hydrogens (primary N) is 1. The van der Waals surface area contributed by atoms with Crippen LogP contribution in [0.25, 0.3) is 11.3 Å². The summed E-state index contributed by atoms with van der Waals surface area (Å²) in [6.07, 6.45) is -4.64. The molecule has 0 fully saturated rings. The van der Waals surface area contributed by atoms with Gasteiger partial charge in [0, 0.05) is 5.56 Å². The second-order valence-electron chi connectivity index (χ2n) is 5.45. The molecule has 0 amide bonds. The van der Waals surface area contributed by atoms with Gasteiger partial charge in [-0.2, -0.15) is 18.2 Å². The molecule has 3 aromatic rings. The smallest absolute Gasteiger partial charge is 0.416 e. The monoisotopic (exact) mass is 363 g/mol. The molecule has 8 heteroatoms. The standard InChI is InChI=1S/C18H13F4N3O/c1-10-24-16(13-8-7-11(9-14(13)19)18(20,21)22)15(23)17(25-10)26-12-5-3-2-4-6-12/h2-9H,23H2,1H3. The average molecular weight is 363 g/mol. The van der Waals surface area contributed by atoms with Crippen LogP contribution in [0.3, 0.4) is 0 Å². The highest BCUT2D eigenvalue weighted by molar-refractivity contribution is 5.76. The fourth-order valence-electron chi connectivity index (χ4n) is 2.32. The molecule has 0 radical (unpaired) electrons. The maximum atomic E-state index is 14.3. The molecular formula is C18H13F4N3O. The SMILES string of the molecule is Cc1nc(Oc2ccccc2)c(N)c(-c2ccc(C(F)(F)F)cc2F)n1. The van der Waals surface area contributed by atoms with E-state index in [0.717, 1.165) is 12.1 Å². The second-order valence-corrected chi connectivity index (χ2v) is 5.45. The Balaban J connectivity index is 2.06. The zero-order chi connectivity index (χ0) is 18.9. The summed E-state index contributed by atoms with van der Waals surface area (Å²) < 4.78 is 58.0. The first-order valence-corrected chi connectivity index (χ1v) is 7.50. The molecule has 2 N–H and O–H groups in total. The van der Waals surface area contributed by atoms with Crippen LogP contribution in [0.5, 0.6) is 11.6 Å². The summed E-state index contributed by atoms with van der Waals surface area (Å²) in [5, 5.41) is 0. The van der Waals surface area contributed by atoms with Crippen molar-refractivity contribution in [3.63, 3.8) is 0 Å². The molecule has 0 aliphatic carbocycles. The molecule has 4 nitrogen and oxygen atoms in total. The maximum absolute atomic E-state index is 14.3. The Kier molecular flexibility index (Phi) is 4.50. The van der Waals surface area contributed by atoms with Crippen LogP contribution >= 0.6 is 0 Å². The number of para-hydroxylation sites is 1. The molecule has 0 atom stereocenters. The normalized spacial score (nSPS) is 11.4. The van der Waals surface area contributed by atoms with Gasteiger partial charge in [-0.25, -0.2) is 9.37 Å². The highest BCUT2D eigenvalue weighted by Crippen LogP contribution is 2.36. The Morgan fingerprint density at radius 3 is 2.31 bits per heavy atom. The quantitative estimate of drug-likeness (QED) is 0.667. The first-order valence-electron chi connectivity index (χ1n) is 7.50. The number of nitrogens with zero attached hydrogens (tertiary/aromatic N) is 2. The van der Waals surface area contributed by atoms with Crippen LogP contribution in [0.4, 0.5) is 23.2 Å². The summed E-state index contributed by atoms with van der Waals surface area (Å²) >= 11 is 0. The highest BCUT2D eigenvalue weighted by atomic mass is 19.4. The average Bonchev–Trinajstić information content (AvgIpc) is 2.58. The van der Waals surface area contributed by atoms with E-state index in [0.29, 0.717) is 11.8 Å². The molecule has 0 aliphatic rings. The van der Waals surface area contributed by atoms with Crippen molar-refractivity contribution in [1.29, 1.82) is 0 Å². The van der Waals surface area contributed by atoms with Crippen LogP contribution in [0, 0.1) is 12.7 Å². The molecule has 1 aromatic heterocycles. The number of hydrogen-bond acceptors (Lipinski definition) is 4. The van der Waals surface area contributed by atoms with E-state index in [4.69, 9.17) is 10.5 Å². The number of benzene rings is 2. The van der Waals surface area contributed by atoms with Gasteiger partial charge < -0.3 is 10.5 Å². The van der Waals surface area contributed by atoms with Crippen molar-refractivity contribution >= 4 is 5.69 Å². The fraction of sp³-hybridized carbons (Fsp3) is 0.111. The lowest BCUT2D eigenvalue weighted by atomic mass is 10.1. The predicted octanol–water partition coefficient (Wildman–Crippen LogP) is 4.98. The fourth-order valence-corrected chi connectivity index (χ4v) is 2.32. The second kappa shape index (κ2) is 6.62. The number of nitrogen functional groups attached to an aromatic ring is 1. The van der Waals surface area contributed by atoms with E-state index >= 15 is 0 Å². The maximum Gasteiger partial charge on any atom is 0.416 e. The van der Waals surface area contributed by atoms with Crippen LogP contribution in [0.2, 0.25) is 0 Å². The van der Waals surface area contributed by atoms with Crippen LogP contribution in [0.1, 0.15) is 11.4 Å². The number of ether oxygens (including phenoxy) is 1. The lowest BCUT2D eigenvalue weighted by molar-refractivity contribution is -0.137. The minimum absolute atomic E-state index is 0.00185. The van der Waals surface area contributed by atoms with Gasteiger partial charge in [-0.1, -0.05) is 18.2 Å². The Bertz CT molecular complexity index is 943. The lowest BCUT2D eigenvalue weighted by Gasteiger charge is -2.13. The van der Waals surface area contributed by atoms with Gasteiger partial charge in [-0.05, 0) is 37.3 Å². The van der Waals surface area contributed by atoms with Crippen LogP contribution in [0.15, 0.2) is 48.5 Å². The minimum Gasteiger partial charge on any atom is -0.437 e. The van der Waals surface area contributed by atoms with Gasteiger partial charge in [0.05, 0.1) is 5.56 Å². The summed E-state index contributed by atoms with van der Waals surface area (Å²) in [7, 11) is 0. The molecule has 1 heterocycles. The van der Waals surface area contributed by atoms with E-state index < -0.39 is 17.6 Å². The van der Waals surface area contributed by atoms with E-state index in [9.17, 15) is 17.6 Å². The zero-order valence-electron chi connectivity index (χ0n) is 13.5. The molecule has 0 saturated carbocycles. The summed E-state index contributed by atoms with van der Waals surface area (Å²) in [6, 6.07) is 10.8. The summed E-state index contributed by atoms with van der Waals surface area (Å²) in [5.74, 6) is -0.399. The highest BCUT2D eigenvalue weighted by Gasteiger charge is 2.31. The molecular weight excluding hydrogens is 350 g/mol. The number of aryl methyl sites for hydroxylation is 1. The van der Waals surface area contributed by atoms with Crippen molar-refractivity contribution < 1.29 is 22.3 Å². The molecule has 134 valence electrons. The van der Waals surface area contributed by atoms with Gasteiger partial charge in [0.15, 0.2) is 0 Å². The van der Waals surface area contributed by atoms with Crippen LogP contribution < -0.4 is 10.5 Å². The van der Waals surface area contributed by atoms with Gasteiger partial charge in [-0.3, -0.25) is 0 Å². The minimum atomic E-state index is -4.64. The molecule has 0 spiro atoms. The number of anilines is 1. The first-order chi connectivity index (χ1) is 12.3. The molecule has 3 rings (SSSR count). The van der Waals surface area contributed by atoms with E-state index in [1.807, 2.05) is 0 Å². The Labute approximate surface area is 146 Å². The van der Waals surface area contributed by atoms with Gasteiger partial charge in [0.2, 0.25) is 5.88 Å². The third-order valence-corrected chi connectivity index (χ3v) is 3.53. The van der Waals surface area contributed by atoms with Crippen LogP contribution in [-0.2, 0) is 6.18 Å². The molecule has 0 saturated heterocycles. The molecule has 2 aromatic carbocycles. The predicted molar refractivity (Wildman–Crippen MR) is 88.1 cm³/mol. The topological polar surface area (TPSA) is 61.0 Å². The Hall–Kier alpha value is -3.16. The molecule has 26 heavy (non-hydrogen) atoms. The van der Waals surface area contributed by atoms with Gasteiger partial charge in [0.25, 0.3) is 0 Å². The number of halogens is 4. The van der Waals surface area contributed by atoms with Crippen molar-refractivity contribution in [3.05, 3.63) is 65.7 Å². The third kappa shape index (κ3) is 3.58. The summed E-state index contributed by atoms with van der Waals surface area (Å²) in [4.78, 5) is 8.14. The zero-order valence-corrected chi connectivity index (χ0v) is 13.5. The number of rotatable bonds is 3. The van der Waals surface area contributed by atoms with E-state index in [2.05, 4.69) is 9.97 Å². The molecule has 0 unspecified atom stereocenters. The van der Waals surface area contributed by atoms with E-state index in [1.54, 1.807) is 37.3 Å². The molecule has 0 bridgehead atoms. The Morgan fingerprint density at radius 1 is 1.00 bits per heavy atom. The van der Waals surface area contributed by atoms with Crippen molar-refractivity contribution in [1.82, 2.24) is 9.97 Å². The number of aromatic nitrogens is 2. The lowest BCUT2D eigenvalue weighted by Crippen LogP contribution is -2.07. The Morgan fingerprint density at radius 2 is 1.69 bits per heavy atom. The number of alkyl halides is 3. The van der Waals surface area contributed by atoms with Crippen molar-refractivity contribution in [3.8, 4) is 22.9 Å².